The van der Waals surface area contributed by atoms with Crippen LogP contribution in [0.5, 0.6) is 0 Å². The lowest BCUT2D eigenvalue weighted by atomic mass is 9.85. The first-order valence-electron chi connectivity index (χ1n) is 4.82. The van der Waals surface area contributed by atoms with Gasteiger partial charge in [-0.25, -0.2) is 0 Å². The van der Waals surface area contributed by atoms with Gasteiger partial charge in [0.25, 0.3) is 0 Å². The van der Waals surface area contributed by atoms with E-state index in [1.165, 1.54) is 0 Å². The van der Waals surface area contributed by atoms with Gasteiger partial charge in [0, 0.05) is 5.92 Å². The number of hydrogen-bond donors (Lipinski definition) is 2. The molecule has 0 aromatic carbocycles. The van der Waals surface area contributed by atoms with Crippen molar-refractivity contribution in [2.24, 2.45) is 23.2 Å². The number of aliphatic hydroxyl groups excluding tert-OH is 2. The third kappa shape index (κ3) is 0.882. The minimum atomic E-state index is -0.289. The SMILES string of the molecule is CC1C(O)CC2C(C1O)C2(C)C. The molecule has 70 valence electrons. The van der Waals surface area contributed by atoms with E-state index in [0.29, 0.717) is 11.8 Å². The van der Waals surface area contributed by atoms with Crippen molar-refractivity contribution in [2.45, 2.75) is 39.4 Å². The second-order valence-electron chi connectivity index (χ2n) is 5.11. The summed E-state index contributed by atoms with van der Waals surface area (Å²) in [4.78, 5) is 0. The van der Waals surface area contributed by atoms with Crippen LogP contribution >= 0.6 is 0 Å². The summed E-state index contributed by atoms with van der Waals surface area (Å²) in [6, 6.07) is 0. The zero-order valence-corrected chi connectivity index (χ0v) is 7.99. The van der Waals surface area contributed by atoms with Gasteiger partial charge in [0.2, 0.25) is 0 Å². The van der Waals surface area contributed by atoms with Crippen molar-refractivity contribution in [1.29, 1.82) is 0 Å². The third-order valence-corrected chi connectivity index (χ3v) is 4.15. The third-order valence-electron chi connectivity index (χ3n) is 4.15. The molecule has 5 atom stereocenters. The molecule has 0 bridgehead atoms. The van der Waals surface area contributed by atoms with Crippen molar-refractivity contribution < 1.29 is 10.2 Å². The Balaban J connectivity index is 2.16. The first-order chi connectivity index (χ1) is 5.46. The number of hydrogen-bond acceptors (Lipinski definition) is 2. The van der Waals surface area contributed by atoms with Crippen molar-refractivity contribution in [3.63, 3.8) is 0 Å². The molecule has 2 nitrogen and oxygen atoms in total. The van der Waals surface area contributed by atoms with Crippen LogP contribution in [0, 0.1) is 23.2 Å². The molecule has 0 spiro atoms. The summed E-state index contributed by atoms with van der Waals surface area (Å²) in [7, 11) is 0. The van der Waals surface area contributed by atoms with Gasteiger partial charge in [-0.15, -0.1) is 0 Å². The molecule has 2 saturated carbocycles. The number of rotatable bonds is 0. The van der Waals surface area contributed by atoms with Crippen LogP contribution in [0.2, 0.25) is 0 Å². The molecular weight excluding hydrogens is 152 g/mol. The van der Waals surface area contributed by atoms with Crippen LogP contribution in [0.15, 0.2) is 0 Å². The Morgan fingerprint density at radius 1 is 1.25 bits per heavy atom. The Labute approximate surface area is 73.6 Å². The zero-order chi connectivity index (χ0) is 9.09. The molecule has 2 heteroatoms. The lowest BCUT2D eigenvalue weighted by molar-refractivity contribution is -0.0223. The molecule has 2 aliphatic rings. The number of aliphatic hydroxyl groups is 2. The van der Waals surface area contributed by atoms with Crippen LogP contribution in [0.25, 0.3) is 0 Å². The maximum Gasteiger partial charge on any atom is 0.0626 e. The molecule has 0 saturated heterocycles. The fourth-order valence-corrected chi connectivity index (χ4v) is 2.94. The minimum absolute atomic E-state index is 0.0630. The summed E-state index contributed by atoms with van der Waals surface area (Å²) in [5, 5.41) is 19.5. The maximum absolute atomic E-state index is 9.83. The monoisotopic (exact) mass is 170 g/mol. The van der Waals surface area contributed by atoms with E-state index in [9.17, 15) is 10.2 Å². The topological polar surface area (TPSA) is 40.5 Å². The van der Waals surface area contributed by atoms with E-state index < -0.39 is 0 Å². The lowest BCUT2D eigenvalue weighted by Crippen LogP contribution is -2.35. The molecule has 2 fully saturated rings. The summed E-state index contributed by atoms with van der Waals surface area (Å²) >= 11 is 0. The molecule has 0 heterocycles. The molecule has 0 radical (unpaired) electrons. The van der Waals surface area contributed by atoms with Crippen molar-refractivity contribution >= 4 is 0 Å². The maximum atomic E-state index is 9.83. The van der Waals surface area contributed by atoms with E-state index in [1.807, 2.05) is 6.92 Å². The normalized spacial score (nSPS) is 56.2. The van der Waals surface area contributed by atoms with Crippen molar-refractivity contribution in [1.82, 2.24) is 0 Å². The highest BCUT2D eigenvalue weighted by atomic mass is 16.3. The Morgan fingerprint density at radius 2 is 1.83 bits per heavy atom. The van der Waals surface area contributed by atoms with Crippen molar-refractivity contribution in [3.05, 3.63) is 0 Å². The van der Waals surface area contributed by atoms with E-state index in [2.05, 4.69) is 13.8 Å². The summed E-state index contributed by atoms with van der Waals surface area (Å²) in [6.07, 6.45) is 0.312. The fourth-order valence-electron chi connectivity index (χ4n) is 2.94. The predicted molar refractivity (Wildman–Crippen MR) is 46.6 cm³/mol. The average Bonchev–Trinajstić information content (AvgIpc) is 2.49. The van der Waals surface area contributed by atoms with E-state index in [-0.39, 0.29) is 23.5 Å². The second-order valence-corrected chi connectivity index (χ2v) is 5.11. The molecule has 0 aliphatic heterocycles. The van der Waals surface area contributed by atoms with Crippen LogP contribution in [0.1, 0.15) is 27.2 Å². The number of fused-ring (bicyclic) bond motifs is 1. The first kappa shape index (κ1) is 8.52. The predicted octanol–water partition coefficient (Wildman–Crippen LogP) is 1.02. The molecule has 0 aromatic heterocycles. The highest BCUT2D eigenvalue weighted by Gasteiger charge is 2.64. The van der Waals surface area contributed by atoms with Gasteiger partial charge in [-0.05, 0) is 23.7 Å². The van der Waals surface area contributed by atoms with E-state index >= 15 is 0 Å². The molecular formula is C10H18O2. The standard InChI is InChI=1S/C10H18O2/c1-5-7(11)4-6-8(9(5)12)10(6,2)3/h5-9,11-12H,4H2,1-3H3. The van der Waals surface area contributed by atoms with Gasteiger partial charge in [0.15, 0.2) is 0 Å². The molecule has 12 heavy (non-hydrogen) atoms. The molecule has 2 aliphatic carbocycles. The summed E-state index contributed by atoms with van der Waals surface area (Å²) in [5.74, 6) is 1.06. The van der Waals surface area contributed by atoms with Crippen LogP contribution in [0.4, 0.5) is 0 Å². The van der Waals surface area contributed by atoms with Gasteiger partial charge in [-0.2, -0.15) is 0 Å². The first-order valence-corrected chi connectivity index (χ1v) is 4.82. The van der Waals surface area contributed by atoms with Gasteiger partial charge in [0.1, 0.15) is 0 Å². The Morgan fingerprint density at radius 3 is 2.42 bits per heavy atom. The van der Waals surface area contributed by atoms with Crippen LogP contribution in [-0.2, 0) is 0 Å². The van der Waals surface area contributed by atoms with Gasteiger partial charge in [-0.1, -0.05) is 20.8 Å². The average molecular weight is 170 g/mol. The van der Waals surface area contributed by atoms with Gasteiger partial charge in [-0.3, -0.25) is 0 Å². The smallest absolute Gasteiger partial charge is 0.0626 e. The van der Waals surface area contributed by atoms with E-state index in [1.54, 1.807) is 0 Å². The second kappa shape index (κ2) is 2.24. The summed E-state index contributed by atoms with van der Waals surface area (Å²) in [6.45, 7) is 6.33. The quantitative estimate of drug-likeness (QED) is 0.570. The Bertz CT molecular complexity index is 200. The van der Waals surface area contributed by atoms with Gasteiger partial charge in [0.05, 0.1) is 12.2 Å². The van der Waals surface area contributed by atoms with Gasteiger partial charge >= 0.3 is 0 Å². The summed E-state index contributed by atoms with van der Waals surface area (Å²) in [5.41, 5.74) is 0.269. The van der Waals surface area contributed by atoms with E-state index in [0.717, 1.165) is 6.42 Å². The van der Waals surface area contributed by atoms with Crippen molar-refractivity contribution in [3.8, 4) is 0 Å². The lowest BCUT2D eigenvalue weighted by Gasteiger charge is -2.28. The highest BCUT2D eigenvalue weighted by Crippen LogP contribution is 2.65. The Kier molecular flexibility index (Phi) is 1.59. The molecule has 5 unspecified atom stereocenters. The summed E-state index contributed by atoms with van der Waals surface area (Å²) < 4.78 is 0. The largest absolute Gasteiger partial charge is 0.393 e. The van der Waals surface area contributed by atoms with Crippen LogP contribution in [0.3, 0.4) is 0 Å². The highest BCUT2D eigenvalue weighted by molar-refractivity contribution is 5.13. The van der Waals surface area contributed by atoms with Crippen LogP contribution in [-0.4, -0.2) is 22.4 Å². The molecule has 0 amide bonds. The Hall–Kier alpha value is -0.0800. The molecule has 2 N–H and O–H groups in total. The zero-order valence-electron chi connectivity index (χ0n) is 7.99. The van der Waals surface area contributed by atoms with E-state index in [4.69, 9.17) is 0 Å². The fraction of sp³-hybridized carbons (Fsp3) is 1.00. The molecule has 2 rings (SSSR count). The molecule has 0 aromatic rings. The van der Waals surface area contributed by atoms with Gasteiger partial charge < -0.3 is 10.2 Å². The minimum Gasteiger partial charge on any atom is -0.393 e. The van der Waals surface area contributed by atoms with Crippen molar-refractivity contribution in [2.75, 3.05) is 0 Å². The van der Waals surface area contributed by atoms with Crippen LogP contribution < -0.4 is 0 Å².